The van der Waals surface area contributed by atoms with Crippen LogP contribution in [0, 0.1) is 0 Å². The molecule has 1 aromatic heterocycles. The second-order valence-electron chi connectivity index (χ2n) is 11.3. The van der Waals surface area contributed by atoms with Crippen LogP contribution >= 0.6 is 19.1 Å². The van der Waals surface area contributed by atoms with Crippen molar-refractivity contribution in [3.05, 3.63) is 101 Å². The Morgan fingerprint density at radius 3 is 2.07 bits per heavy atom. The SMILES string of the molecule is CCCC[n+]1c(C=CC=C2N(C)c3ccc4ccccc4c3C2(C)C)sc2c3ccccc3ccc21.F[P-](F)(F)(F)(F)F. The Labute approximate surface area is 250 Å². The van der Waals surface area contributed by atoms with Crippen LogP contribution in [0.3, 0.4) is 0 Å². The average molecular weight is 635 g/mol. The van der Waals surface area contributed by atoms with Crippen LogP contribution in [0.1, 0.15) is 44.2 Å². The second-order valence-corrected chi connectivity index (χ2v) is 14.3. The van der Waals surface area contributed by atoms with Crippen LogP contribution in [0.5, 0.6) is 0 Å². The maximum absolute atomic E-state index is 10.7. The summed E-state index contributed by atoms with van der Waals surface area (Å²) in [7, 11) is -8.45. The molecule has 0 bridgehead atoms. The van der Waals surface area contributed by atoms with E-state index in [0.29, 0.717) is 0 Å². The molecule has 43 heavy (non-hydrogen) atoms. The molecule has 0 unspecified atom stereocenters. The minimum absolute atomic E-state index is 0.0656. The van der Waals surface area contributed by atoms with Crippen molar-refractivity contribution in [2.75, 3.05) is 11.9 Å². The molecule has 1 aliphatic heterocycles. The van der Waals surface area contributed by atoms with Crippen molar-refractivity contribution in [3.63, 3.8) is 0 Å². The number of aryl methyl sites for hydroxylation is 1. The van der Waals surface area contributed by atoms with Gasteiger partial charge in [-0.1, -0.05) is 99.2 Å². The fraction of sp³-hybridized carbons (Fsp3) is 0.242. The monoisotopic (exact) mass is 634 g/mol. The molecule has 2 nitrogen and oxygen atoms in total. The molecule has 4 aromatic carbocycles. The van der Waals surface area contributed by atoms with E-state index in [1.165, 1.54) is 66.6 Å². The molecule has 10 heteroatoms. The standard InChI is InChI=1S/C33H33N2S.F6P/c1-5-6-22-35-28-21-19-24-13-8-10-15-26(24)32(28)36-30(35)17-11-16-29-33(2,3)31-25-14-9-7-12-23(25)18-20-27(31)34(29)4;1-7(2,3,4,5)6/h7-21H,5-6,22H2,1-4H3;/q+1;-1. The van der Waals surface area contributed by atoms with Crippen LogP contribution in [-0.2, 0) is 12.0 Å². The number of likely N-dealkylation sites (N-methyl/N-ethyl adjacent to an activating group) is 1. The quantitative estimate of drug-likeness (QED) is 0.106. The summed E-state index contributed by atoms with van der Waals surface area (Å²) in [6.45, 7) is 8.03. The molecular formula is C33H33F6N2PS. The predicted molar refractivity (Wildman–Crippen MR) is 170 cm³/mol. The summed E-state index contributed by atoms with van der Waals surface area (Å²) in [5, 5.41) is 6.64. The van der Waals surface area contributed by atoms with Gasteiger partial charge < -0.3 is 4.90 Å². The molecule has 1 aliphatic rings. The first-order valence-electron chi connectivity index (χ1n) is 14.0. The number of anilines is 1. The summed E-state index contributed by atoms with van der Waals surface area (Å²) in [4.78, 5) is 2.37. The van der Waals surface area contributed by atoms with Gasteiger partial charge in [0.2, 0.25) is 5.52 Å². The zero-order valence-electron chi connectivity index (χ0n) is 24.3. The van der Waals surface area contributed by atoms with Crippen molar-refractivity contribution < 1.29 is 29.7 Å². The molecule has 6 rings (SSSR count). The van der Waals surface area contributed by atoms with E-state index in [0.717, 1.165) is 6.54 Å². The van der Waals surface area contributed by atoms with Crippen molar-refractivity contribution in [1.29, 1.82) is 0 Å². The van der Waals surface area contributed by atoms with Crippen molar-refractivity contribution in [2.24, 2.45) is 0 Å². The normalized spacial score (nSPS) is 17.3. The number of halogens is 6. The zero-order valence-corrected chi connectivity index (χ0v) is 26.0. The van der Waals surface area contributed by atoms with E-state index < -0.39 is 7.81 Å². The van der Waals surface area contributed by atoms with Crippen molar-refractivity contribution in [3.8, 4) is 0 Å². The van der Waals surface area contributed by atoms with Gasteiger partial charge in [-0.05, 0) is 39.9 Å². The molecule has 0 amide bonds. The fourth-order valence-electron chi connectivity index (χ4n) is 5.92. The van der Waals surface area contributed by atoms with Crippen LogP contribution in [0.4, 0.5) is 30.9 Å². The predicted octanol–water partition coefficient (Wildman–Crippen LogP) is 12.0. The molecule has 5 aromatic rings. The average Bonchev–Trinajstić information content (AvgIpc) is 3.37. The van der Waals surface area contributed by atoms with Gasteiger partial charge in [-0.2, -0.15) is 4.57 Å². The Hall–Kier alpha value is -3.42. The number of nitrogens with zero attached hydrogens (tertiary/aromatic N) is 2. The topological polar surface area (TPSA) is 7.12 Å². The molecule has 228 valence electrons. The van der Waals surface area contributed by atoms with Crippen molar-refractivity contribution in [1.82, 2.24) is 0 Å². The molecule has 0 radical (unpaired) electrons. The number of hydrogen-bond acceptors (Lipinski definition) is 2. The van der Waals surface area contributed by atoms with Gasteiger partial charge in [0.15, 0.2) is 6.54 Å². The molecular weight excluding hydrogens is 601 g/mol. The van der Waals surface area contributed by atoms with Crippen LogP contribution in [0.25, 0.3) is 37.8 Å². The number of rotatable bonds is 5. The van der Waals surface area contributed by atoms with E-state index in [1.807, 2.05) is 11.3 Å². The summed E-state index contributed by atoms with van der Waals surface area (Å²) < 4.78 is 63.1. The minimum atomic E-state index is -10.7. The second kappa shape index (κ2) is 10.3. The third kappa shape index (κ3) is 6.89. The van der Waals surface area contributed by atoms with Crippen LogP contribution in [0.15, 0.2) is 90.6 Å². The zero-order chi connectivity index (χ0) is 31.3. The number of allylic oxidation sites excluding steroid dienone is 3. The maximum atomic E-state index is 9.87. The van der Waals surface area contributed by atoms with Gasteiger partial charge >= 0.3 is 33.0 Å². The number of hydrogen-bond donors (Lipinski definition) is 0. The van der Waals surface area contributed by atoms with Gasteiger partial charge in [-0.3, -0.25) is 0 Å². The van der Waals surface area contributed by atoms with E-state index >= 15 is 0 Å². The summed E-state index contributed by atoms with van der Waals surface area (Å²) in [5.74, 6) is 0. The molecule has 0 saturated carbocycles. The first-order chi connectivity index (χ1) is 20.0. The van der Waals surface area contributed by atoms with E-state index in [2.05, 4.69) is 128 Å². The third-order valence-electron chi connectivity index (χ3n) is 7.75. The molecule has 0 aliphatic carbocycles. The van der Waals surface area contributed by atoms with Gasteiger partial charge in [0.05, 0.1) is 0 Å². The number of benzene rings is 4. The summed E-state index contributed by atoms with van der Waals surface area (Å²) in [5.41, 5.74) is 5.34. The van der Waals surface area contributed by atoms with Gasteiger partial charge in [-0.25, -0.2) is 0 Å². The van der Waals surface area contributed by atoms with E-state index in [9.17, 15) is 25.2 Å². The third-order valence-corrected chi connectivity index (χ3v) is 8.94. The molecule has 0 atom stereocenters. The first-order valence-corrected chi connectivity index (χ1v) is 16.9. The summed E-state index contributed by atoms with van der Waals surface area (Å²) >= 11 is 1.91. The van der Waals surface area contributed by atoms with Gasteiger partial charge in [0.1, 0.15) is 4.70 Å². The van der Waals surface area contributed by atoms with Crippen molar-refractivity contribution >= 4 is 62.7 Å². The van der Waals surface area contributed by atoms with Crippen LogP contribution in [-0.4, -0.2) is 7.05 Å². The summed E-state index contributed by atoms with van der Waals surface area (Å²) in [6, 6.07) is 26.6. The molecule has 0 N–H and O–H groups in total. The van der Waals surface area contributed by atoms with E-state index in [1.54, 1.807) is 0 Å². The first kappa shape index (κ1) is 31.0. The summed E-state index contributed by atoms with van der Waals surface area (Å²) in [6.07, 6.45) is 9.27. The molecule has 0 spiro atoms. The fourth-order valence-corrected chi connectivity index (χ4v) is 7.15. The van der Waals surface area contributed by atoms with Crippen LogP contribution < -0.4 is 9.47 Å². The Bertz CT molecular complexity index is 1900. The molecule has 2 heterocycles. The van der Waals surface area contributed by atoms with E-state index in [-0.39, 0.29) is 5.41 Å². The molecule has 0 fully saturated rings. The van der Waals surface area contributed by atoms with E-state index in [4.69, 9.17) is 0 Å². The Morgan fingerprint density at radius 2 is 1.42 bits per heavy atom. The van der Waals surface area contributed by atoms with Crippen molar-refractivity contribution in [2.45, 2.75) is 45.6 Å². The van der Waals surface area contributed by atoms with Gasteiger partial charge in [0.25, 0.3) is 5.01 Å². The van der Waals surface area contributed by atoms with Crippen LogP contribution in [0.2, 0.25) is 0 Å². The van der Waals surface area contributed by atoms with Gasteiger partial charge in [0, 0.05) is 47.8 Å². The number of aromatic nitrogens is 1. The molecule has 0 saturated heterocycles. The Morgan fingerprint density at radius 1 is 0.837 bits per heavy atom. The van der Waals surface area contributed by atoms with Gasteiger partial charge in [-0.15, -0.1) is 0 Å². The Kier molecular flexibility index (Phi) is 7.46. The number of thiazole rings is 1. The number of unbranched alkanes of at least 4 members (excludes halogenated alkanes) is 1. The number of fused-ring (bicyclic) bond motifs is 6. The Balaban J connectivity index is 0.000000472.